The van der Waals surface area contributed by atoms with Gasteiger partial charge in [0.15, 0.2) is 6.29 Å². The molecule has 90 valence electrons. The van der Waals surface area contributed by atoms with Crippen LogP contribution in [0.3, 0.4) is 0 Å². The summed E-state index contributed by atoms with van der Waals surface area (Å²) in [5, 5.41) is 9.94. The van der Waals surface area contributed by atoms with Gasteiger partial charge < -0.3 is 19.3 Å². The molecule has 15 heavy (non-hydrogen) atoms. The number of aliphatic hydroxyl groups excluding tert-OH is 1. The molecule has 0 radical (unpaired) electrons. The van der Waals surface area contributed by atoms with Gasteiger partial charge in [0.1, 0.15) is 6.10 Å². The van der Waals surface area contributed by atoms with E-state index in [1.54, 1.807) is 7.11 Å². The molecule has 0 aliphatic carbocycles. The molecule has 0 bridgehead atoms. The number of hydrogen-bond donors (Lipinski definition) is 1. The largest absolute Gasteiger partial charge is 0.387 e. The minimum absolute atomic E-state index is 0.110. The Morgan fingerprint density at radius 3 is 2.53 bits per heavy atom. The monoisotopic (exact) mass is 218 g/mol. The normalized spacial score (nSPS) is 42.2. The summed E-state index contributed by atoms with van der Waals surface area (Å²) >= 11 is 0. The first kappa shape index (κ1) is 12.9. The zero-order valence-electron chi connectivity index (χ0n) is 10.2. The lowest BCUT2D eigenvalue weighted by Gasteiger charge is -2.44. The SMILES string of the molecule is CO[C@]1(C)C[C@H](OC(C)C)O[C@@H](C)[C@@H]1O. The van der Waals surface area contributed by atoms with Gasteiger partial charge in [0.05, 0.1) is 17.8 Å². The fourth-order valence-corrected chi connectivity index (χ4v) is 1.90. The van der Waals surface area contributed by atoms with Gasteiger partial charge in [-0.25, -0.2) is 0 Å². The first-order chi connectivity index (χ1) is 6.89. The Bertz CT molecular complexity index is 207. The van der Waals surface area contributed by atoms with Crippen LogP contribution in [0.15, 0.2) is 0 Å². The summed E-state index contributed by atoms with van der Waals surface area (Å²) in [4.78, 5) is 0. The summed E-state index contributed by atoms with van der Waals surface area (Å²) < 4.78 is 16.5. The van der Waals surface area contributed by atoms with Gasteiger partial charge in [0.25, 0.3) is 0 Å². The molecule has 4 nitrogen and oxygen atoms in total. The summed E-state index contributed by atoms with van der Waals surface area (Å²) in [5.74, 6) is 0. The summed E-state index contributed by atoms with van der Waals surface area (Å²) in [6, 6.07) is 0. The molecule has 0 aromatic heterocycles. The van der Waals surface area contributed by atoms with Gasteiger partial charge in [-0.05, 0) is 27.7 Å². The molecule has 1 saturated heterocycles. The molecule has 4 atom stereocenters. The predicted molar refractivity (Wildman–Crippen MR) is 56.6 cm³/mol. The quantitative estimate of drug-likeness (QED) is 0.776. The van der Waals surface area contributed by atoms with Gasteiger partial charge >= 0.3 is 0 Å². The maximum Gasteiger partial charge on any atom is 0.161 e. The average molecular weight is 218 g/mol. The van der Waals surface area contributed by atoms with Crippen molar-refractivity contribution in [2.45, 2.75) is 64.3 Å². The smallest absolute Gasteiger partial charge is 0.161 e. The minimum Gasteiger partial charge on any atom is -0.387 e. The van der Waals surface area contributed by atoms with Crippen LogP contribution in [0.1, 0.15) is 34.1 Å². The van der Waals surface area contributed by atoms with Crippen molar-refractivity contribution in [3.63, 3.8) is 0 Å². The zero-order valence-corrected chi connectivity index (χ0v) is 10.2. The van der Waals surface area contributed by atoms with Crippen molar-refractivity contribution in [3.05, 3.63) is 0 Å². The Hall–Kier alpha value is -0.160. The van der Waals surface area contributed by atoms with E-state index < -0.39 is 11.7 Å². The molecule has 0 aromatic rings. The van der Waals surface area contributed by atoms with E-state index >= 15 is 0 Å². The molecule has 1 rings (SSSR count). The molecule has 0 aromatic carbocycles. The maximum atomic E-state index is 9.94. The van der Waals surface area contributed by atoms with Crippen molar-refractivity contribution in [1.29, 1.82) is 0 Å². The number of aliphatic hydroxyl groups is 1. The van der Waals surface area contributed by atoms with Gasteiger partial charge in [-0.1, -0.05) is 0 Å². The number of methoxy groups -OCH3 is 1. The first-order valence-corrected chi connectivity index (χ1v) is 5.43. The third kappa shape index (κ3) is 2.91. The Balaban J connectivity index is 2.67. The highest BCUT2D eigenvalue weighted by Crippen LogP contribution is 2.32. The Morgan fingerprint density at radius 2 is 2.07 bits per heavy atom. The Morgan fingerprint density at radius 1 is 1.47 bits per heavy atom. The van der Waals surface area contributed by atoms with Crippen LogP contribution in [-0.2, 0) is 14.2 Å². The molecule has 1 fully saturated rings. The van der Waals surface area contributed by atoms with Crippen LogP contribution in [0.25, 0.3) is 0 Å². The van der Waals surface area contributed by atoms with E-state index in [1.165, 1.54) is 0 Å². The van der Waals surface area contributed by atoms with E-state index in [9.17, 15) is 5.11 Å². The number of hydrogen-bond acceptors (Lipinski definition) is 4. The van der Waals surface area contributed by atoms with Gasteiger partial charge in [0, 0.05) is 13.5 Å². The lowest BCUT2D eigenvalue weighted by atomic mass is 9.88. The van der Waals surface area contributed by atoms with Crippen molar-refractivity contribution in [1.82, 2.24) is 0 Å². The number of rotatable bonds is 3. The molecular formula is C11H22O4. The molecule has 4 heteroatoms. The van der Waals surface area contributed by atoms with E-state index in [0.717, 1.165) is 0 Å². The van der Waals surface area contributed by atoms with Crippen LogP contribution in [0.4, 0.5) is 0 Å². The fourth-order valence-electron chi connectivity index (χ4n) is 1.90. The van der Waals surface area contributed by atoms with E-state index in [1.807, 2.05) is 27.7 Å². The zero-order chi connectivity index (χ0) is 11.6. The highest BCUT2D eigenvalue weighted by molar-refractivity contribution is 4.92. The van der Waals surface area contributed by atoms with E-state index in [4.69, 9.17) is 14.2 Å². The second kappa shape index (κ2) is 4.78. The average Bonchev–Trinajstić information content (AvgIpc) is 2.13. The second-order valence-electron chi connectivity index (χ2n) is 4.62. The number of ether oxygens (including phenoxy) is 3. The Labute approximate surface area is 91.5 Å². The lowest BCUT2D eigenvalue weighted by molar-refractivity contribution is -0.285. The summed E-state index contributed by atoms with van der Waals surface area (Å²) in [6.07, 6.45) is -0.526. The van der Waals surface area contributed by atoms with Crippen LogP contribution in [-0.4, -0.2) is 42.4 Å². The molecular weight excluding hydrogens is 196 g/mol. The molecule has 0 spiro atoms. The van der Waals surface area contributed by atoms with Crippen LogP contribution in [0.5, 0.6) is 0 Å². The molecule has 1 heterocycles. The highest BCUT2D eigenvalue weighted by atomic mass is 16.7. The van der Waals surface area contributed by atoms with E-state index in [-0.39, 0.29) is 18.5 Å². The van der Waals surface area contributed by atoms with Crippen LogP contribution in [0, 0.1) is 0 Å². The molecule has 1 N–H and O–H groups in total. The predicted octanol–water partition coefficient (Wildman–Crippen LogP) is 1.31. The van der Waals surface area contributed by atoms with Crippen LogP contribution >= 0.6 is 0 Å². The van der Waals surface area contributed by atoms with E-state index in [2.05, 4.69) is 0 Å². The van der Waals surface area contributed by atoms with Gasteiger partial charge in [-0.15, -0.1) is 0 Å². The Kier molecular flexibility index (Phi) is 4.12. The molecule has 0 unspecified atom stereocenters. The molecule has 1 aliphatic heterocycles. The third-order valence-corrected chi connectivity index (χ3v) is 2.90. The lowest BCUT2D eigenvalue weighted by Crippen LogP contribution is -2.56. The van der Waals surface area contributed by atoms with Crippen molar-refractivity contribution in [2.24, 2.45) is 0 Å². The molecule has 0 saturated carbocycles. The maximum absolute atomic E-state index is 9.94. The van der Waals surface area contributed by atoms with Gasteiger partial charge in [-0.3, -0.25) is 0 Å². The van der Waals surface area contributed by atoms with Crippen molar-refractivity contribution < 1.29 is 19.3 Å². The summed E-state index contributed by atoms with van der Waals surface area (Å²) in [7, 11) is 1.60. The summed E-state index contributed by atoms with van der Waals surface area (Å²) in [5.41, 5.74) is -0.586. The van der Waals surface area contributed by atoms with E-state index in [0.29, 0.717) is 6.42 Å². The topological polar surface area (TPSA) is 47.9 Å². The fraction of sp³-hybridized carbons (Fsp3) is 1.00. The van der Waals surface area contributed by atoms with Crippen molar-refractivity contribution in [3.8, 4) is 0 Å². The van der Waals surface area contributed by atoms with Gasteiger partial charge in [0.2, 0.25) is 0 Å². The first-order valence-electron chi connectivity index (χ1n) is 5.43. The standard InChI is InChI=1S/C11H22O4/c1-7(2)14-9-6-11(4,13-5)10(12)8(3)15-9/h7-10,12H,6H2,1-5H3/t8-,9+,10-,11+/m0/s1. The third-order valence-electron chi connectivity index (χ3n) is 2.90. The molecule has 1 aliphatic rings. The van der Waals surface area contributed by atoms with Crippen LogP contribution < -0.4 is 0 Å². The van der Waals surface area contributed by atoms with Gasteiger partial charge in [-0.2, -0.15) is 0 Å². The van der Waals surface area contributed by atoms with Crippen molar-refractivity contribution >= 4 is 0 Å². The second-order valence-corrected chi connectivity index (χ2v) is 4.62. The molecule has 0 amide bonds. The minimum atomic E-state index is -0.616. The van der Waals surface area contributed by atoms with Crippen LogP contribution in [0.2, 0.25) is 0 Å². The highest BCUT2D eigenvalue weighted by Gasteiger charge is 2.45. The van der Waals surface area contributed by atoms with Crippen molar-refractivity contribution in [2.75, 3.05) is 7.11 Å². The summed E-state index contributed by atoms with van der Waals surface area (Å²) in [6.45, 7) is 7.64.